The first kappa shape index (κ1) is 15.8. The van der Waals surface area contributed by atoms with E-state index in [9.17, 15) is 4.79 Å². The van der Waals surface area contributed by atoms with Crippen molar-refractivity contribution in [1.82, 2.24) is 24.6 Å². The average molecular weight is 315 g/mol. The summed E-state index contributed by atoms with van der Waals surface area (Å²) in [6.45, 7) is 5.75. The Morgan fingerprint density at radius 2 is 2.26 bits per heavy atom. The van der Waals surface area contributed by atoms with Crippen molar-refractivity contribution in [2.75, 3.05) is 6.54 Å². The summed E-state index contributed by atoms with van der Waals surface area (Å²) >= 11 is 0. The summed E-state index contributed by atoms with van der Waals surface area (Å²) < 4.78 is 4.06. The Kier molecular flexibility index (Phi) is 4.50. The van der Waals surface area contributed by atoms with Gasteiger partial charge >= 0.3 is 0 Å². The van der Waals surface area contributed by atoms with Crippen LogP contribution >= 0.6 is 0 Å². The van der Waals surface area contributed by atoms with Crippen LogP contribution in [0.3, 0.4) is 0 Å². The number of carbonyl (C=O) groups excluding carboxylic acids is 1. The molecular formula is C17H25N5O. The van der Waals surface area contributed by atoms with Gasteiger partial charge in [-0.2, -0.15) is 5.10 Å². The minimum atomic E-state index is 0.0618. The van der Waals surface area contributed by atoms with E-state index in [1.54, 1.807) is 0 Å². The number of hydrogen-bond acceptors (Lipinski definition) is 3. The molecule has 3 rings (SSSR count). The number of amides is 1. The van der Waals surface area contributed by atoms with Gasteiger partial charge in [0, 0.05) is 50.6 Å². The van der Waals surface area contributed by atoms with Gasteiger partial charge in [0.25, 0.3) is 0 Å². The maximum atomic E-state index is 12.3. The van der Waals surface area contributed by atoms with Gasteiger partial charge in [0.15, 0.2) is 0 Å². The lowest BCUT2D eigenvalue weighted by molar-refractivity contribution is -0.125. The van der Waals surface area contributed by atoms with Gasteiger partial charge in [-0.25, -0.2) is 4.98 Å². The molecule has 1 amide bonds. The van der Waals surface area contributed by atoms with Gasteiger partial charge < -0.3 is 9.88 Å². The van der Waals surface area contributed by atoms with E-state index in [1.165, 1.54) is 11.3 Å². The smallest absolute Gasteiger partial charge is 0.223 e. The molecular weight excluding hydrogens is 290 g/mol. The summed E-state index contributed by atoms with van der Waals surface area (Å²) in [7, 11) is 1.97. The molecule has 1 atom stereocenters. The summed E-state index contributed by atoms with van der Waals surface area (Å²) in [6, 6.07) is 0. The van der Waals surface area contributed by atoms with Crippen LogP contribution in [0.25, 0.3) is 0 Å². The normalized spacial score (nSPS) is 17.1. The SMILES string of the molecule is Cc1nn(C)c(C)c1CCCNC(=O)C1CCn2ccnc2C1. The Morgan fingerprint density at radius 1 is 1.43 bits per heavy atom. The molecule has 1 unspecified atom stereocenters. The molecule has 0 radical (unpaired) electrons. The van der Waals surface area contributed by atoms with E-state index in [2.05, 4.69) is 26.9 Å². The molecule has 0 saturated heterocycles. The maximum Gasteiger partial charge on any atom is 0.223 e. The van der Waals surface area contributed by atoms with Crippen LogP contribution in [0, 0.1) is 19.8 Å². The Balaban J connectivity index is 1.45. The van der Waals surface area contributed by atoms with Crippen LogP contribution in [0.5, 0.6) is 0 Å². The number of hydrogen-bond donors (Lipinski definition) is 1. The molecule has 6 nitrogen and oxygen atoms in total. The fraction of sp³-hybridized carbons (Fsp3) is 0.588. The van der Waals surface area contributed by atoms with Crippen LogP contribution in [0.15, 0.2) is 12.4 Å². The van der Waals surface area contributed by atoms with Crippen LogP contribution in [-0.4, -0.2) is 31.8 Å². The Hall–Kier alpha value is -2.11. The number of aryl methyl sites for hydroxylation is 3. The second kappa shape index (κ2) is 6.56. The third-order valence-corrected chi connectivity index (χ3v) is 4.88. The molecule has 0 aliphatic carbocycles. The molecule has 0 saturated carbocycles. The van der Waals surface area contributed by atoms with Crippen molar-refractivity contribution in [3.05, 3.63) is 35.2 Å². The van der Waals surface area contributed by atoms with E-state index < -0.39 is 0 Å². The first-order valence-electron chi connectivity index (χ1n) is 8.33. The van der Waals surface area contributed by atoms with E-state index >= 15 is 0 Å². The molecule has 0 fully saturated rings. The van der Waals surface area contributed by atoms with Crippen molar-refractivity contribution in [1.29, 1.82) is 0 Å². The summed E-state index contributed by atoms with van der Waals surface area (Å²) in [4.78, 5) is 16.6. The molecule has 23 heavy (non-hydrogen) atoms. The van der Waals surface area contributed by atoms with Crippen molar-refractivity contribution >= 4 is 5.91 Å². The highest BCUT2D eigenvalue weighted by molar-refractivity contribution is 5.78. The van der Waals surface area contributed by atoms with Gasteiger partial charge in [0.05, 0.1) is 5.69 Å². The molecule has 1 aliphatic rings. The number of fused-ring (bicyclic) bond motifs is 1. The van der Waals surface area contributed by atoms with Crippen LogP contribution in [0.1, 0.15) is 35.6 Å². The van der Waals surface area contributed by atoms with E-state index in [0.717, 1.165) is 50.3 Å². The van der Waals surface area contributed by atoms with Crippen molar-refractivity contribution in [2.24, 2.45) is 13.0 Å². The summed E-state index contributed by atoms with van der Waals surface area (Å²) in [5.41, 5.74) is 3.62. The standard InChI is InChI=1S/C17H25N5O/c1-12-15(13(2)21(3)20-12)5-4-7-19-17(23)14-6-9-22-10-8-18-16(22)11-14/h8,10,14H,4-7,9,11H2,1-3H3,(H,19,23). The molecule has 6 heteroatoms. The highest BCUT2D eigenvalue weighted by Crippen LogP contribution is 2.19. The monoisotopic (exact) mass is 315 g/mol. The Morgan fingerprint density at radius 3 is 3.00 bits per heavy atom. The highest BCUT2D eigenvalue weighted by atomic mass is 16.1. The van der Waals surface area contributed by atoms with Gasteiger partial charge in [-0.15, -0.1) is 0 Å². The fourth-order valence-corrected chi connectivity index (χ4v) is 3.38. The lowest BCUT2D eigenvalue weighted by atomic mass is 9.97. The lowest BCUT2D eigenvalue weighted by Gasteiger charge is -2.22. The van der Waals surface area contributed by atoms with Gasteiger partial charge in [-0.05, 0) is 38.7 Å². The molecule has 2 aromatic heterocycles. The second-order valence-electron chi connectivity index (χ2n) is 6.39. The minimum absolute atomic E-state index is 0.0618. The zero-order chi connectivity index (χ0) is 16.4. The molecule has 0 spiro atoms. The summed E-state index contributed by atoms with van der Waals surface area (Å²) in [6.07, 6.45) is 7.35. The lowest BCUT2D eigenvalue weighted by Crippen LogP contribution is -2.36. The molecule has 3 heterocycles. The summed E-state index contributed by atoms with van der Waals surface area (Å²) in [5.74, 6) is 1.25. The molecule has 0 bridgehead atoms. The number of nitrogens with zero attached hydrogens (tertiary/aromatic N) is 4. The number of rotatable bonds is 5. The van der Waals surface area contributed by atoms with Gasteiger partial charge in [-0.1, -0.05) is 0 Å². The first-order valence-corrected chi connectivity index (χ1v) is 8.33. The van der Waals surface area contributed by atoms with E-state index in [0.29, 0.717) is 0 Å². The highest BCUT2D eigenvalue weighted by Gasteiger charge is 2.24. The molecule has 1 aliphatic heterocycles. The quantitative estimate of drug-likeness (QED) is 0.851. The largest absolute Gasteiger partial charge is 0.356 e. The van der Waals surface area contributed by atoms with Crippen LogP contribution in [0.2, 0.25) is 0 Å². The number of aromatic nitrogens is 4. The number of carbonyl (C=O) groups is 1. The maximum absolute atomic E-state index is 12.3. The predicted molar refractivity (Wildman–Crippen MR) is 88.1 cm³/mol. The average Bonchev–Trinajstić information content (AvgIpc) is 3.09. The van der Waals surface area contributed by atoms with Crippen LogP contribution in [-0.2, 0) is 31.2 Å². The van der Waals surface area contributed by atoms with Gasteiger partial charge in [0.2, 0.25) is 5.91 Å². The fourth-order valence-electron chi connectivity index (χ4n) is 3.38. The summed E-state index contributed by atoms with van der Waals surface area (Å²) in [5, 5.41) is 7.52. The predicted octanol–water partition coefficient (Wildman–Crippen LogP) is 1.54. The van der Waals surface area contributed by atoms with Crippen molar-refractivity contribution in [2.45, 2.75) is 46.1 Å². The molecule has 124 valence electrons. The third kappa shape index (κ3) is 3.30. The number of nitrogens with one attached hydrogen (secondary N) is 1. The third-order valence-electron chi connectivity index (χ3n) is 4.88. The van der Waals surface area contributed by atoms with E-state index in [-0.39, 0.29) is 11.8 Å². The molecule has 0 aromatic carbocycles. The van der Waals surface area contributed by atoms with E-state index in [4.69, 9.17) is 0 Å². The Bertz CT molecular complexity index is 700. The van der Waals surface area contributed by atoms with E-state index in [1.807, 2.05) is 31.0 Å². The van der Waals surface area contributed by atoms with Crippen molar-refractivity contribution in [3.63, 3.8) is 0 Å². The number of imidazole rings is 1. The van der Waals surface area contributed by atoms with Crippen molar-refractivity contribution in [3.8, 4) is 0 Å². The zero-order valence-electron chi connectivity index (χ0n) is 14.2. The molecule has 1 N–H and O–H groups in total. The Labute approximate surface area is 136 Å². The van der Waals surface area contributed by atoms with Gasteiger partial charge in [-0.3, -0.25) is 9.48 Å². The second-order valence-corrected chi connectivity index (χ2v) is 6.39. The van der Waals surface area contributed by atoms with Crippen molar-refractivity contribution < 1.29 is 4.79 Å². The van der Waals surface area contributed by atoms with Gasteiger partial charge in [0.1, 0.15) is 5.82 Å². The topological polar surface area (TPSA) is 64.7 Å². The zero-order valence-corrected chi connectivity index (χ0v) is 14.2. The van der Waals surface area contributed by atoms with Crippen LogP contribution < -0.4 is 5.32 Å². The molecule has 2 aromatic rings. The minimum Gasteiger partial charge on any atom is -0.356 e. The first-order chi connectivity index (χ1) is 11.1. The van der Waals surface area contributed by atoms with Crippen LogP contribution in [0.4, 0.5) is 0 Å².